The Balaban J connectivity index is 1.94. The van der Waals surface area contributed by atoms with Crippen molar-refractivity contribution in [1.82, 2.24) is 4.90 Å². The Labute approximate surface area is 114 Å². The van der Waals surface area contributed by atoms with E-state index < -0.39 is 0 Å². The standard InChI is InChI=1S/C15H22N2O2/c1-11-6-7-17(10-13(11)9-16)15(19)8-12-2-4-14(18)5-3-12/h2-5,11,13,18H,6-10,16H2,1H3. The number of hydrogen-bond donors (Lipinski definition) is 2. The van der Waals surface area contributed by atoms with Crippen LogP contribution in [0.2, 0.25) is 0 Å². The average Bonchev–Trinajstić information content (AvgIpc) is 2.42. The summed E-state index contributed by atoms with van der Waals surface area (Å²) in [4.78, 5) is 14.2. The third kappa shape index (κ3) is 3.47. The summed E-state index contributed by atoms with van der Waals surface area (Å²) in [6.07, 6.45) is 1.43. The first-order chi connectivity index (χ1) is 9.10. The first-order valence-electron chi connectivity index (χ1n) is 6.86. The average molecular weight is 262 g/mol. The summed E-state index contributed by atoms with van der Waals surface area (Å²) in [7, 11) is 0. The molecule has 0 aromatic heterocycles. The number of nitrogens with zero attached hydrogens (tertiary/aromatic N) is 1. The van der Waals surface area contributed by atoms with E-state index in [1.165, 1.54) is 0 Å². The SMILES string of the molecule is CC1CCN(C(=O)Cc2ccc(O)cc2)CC1CN. The number of likely N-dealkylation sites (tertiary alicyclic amines) is 1. The van der Waals surface area contributed by atoms with Crippen molar-refractivity contribution in [2.24, 2.45) is 17.6 Å². The molecule has 4 nitrogen and oxygen atoms in total. The number of phenolic OH excluding ortho intramolecular Hbond substituents is 1. The molecule has 1 saturated heterocycles. The van der Waals surface area contributed by atoms with Crippen LogP contribution in [0.5, 0.6) is 5.75 Å². The van der Waals surface area contributed by atoms with Gasteiger partial charge in [0.25, 0.3) is 0 Å². The van der Waals surface area contributed by atoms with E-state index in [0.29, 0.717) is 24.8 Å². The van der Waals surface area contributed by atoms with Crippen LogP contribution in [-0.4, -0.2) is 35.5 Å². The molecule has 3 N–H and O–H groups in total. The normalized spacial score (nSPS) is 23.4. The summed E-state index contributed by atoms with van der Waals surface area (Å²) < 4.78 is 0. The summed E-state index contributed by atoms with van der Waals surface area (Å²) in [6, 6.07) is 6.81. The molecular weight excluding hydrogens is 240 g/mol. The number of phenols is 1. The minimum Gasteiger partial charge on any atom is -0.508 e. The fourth-order valence-corrected chi connectivity index (χ4v) is 2.58. The Hall–Kier alpha value is -1.55. The second-order valence-corrected chi connectivity index (χ2v) is 5.44. The highest BCUT2D eigenvalue weighted by molar-refractivity contribution is 5.78. The maximum absolute atomic E-state index is 12.2. The minimum atomic E-state index is 0.149. The number of benzene rings is 1. The number of hydrogen-bond acceptors (Lipinski definition) is 3. The van der Waals surface area contributed by atoms with Crippen LogP contribution in [0.15, 0.2) is 24.3 Å². The molecule has 0 bridgehead atoms. The van der Waals surface area contributed by atoms with Gasteiger partial charge < -0.3 is 15.7 Å². The Morgan fingerprint density at radius 3 is 2.74 bits per heavy atom. The zero-order valence-corrected chi connectivity index (χ0v) is 11.4. The first-order valence-corrected chi connectivity index (χ1v) is 6.86. The second kappa shape index (κ2) is 6.06. The van der Waals surface area contributed by atoms with Crippen molar-refractivity contribution >= 4 is 5.91 Å². The van der Waals surface area contributed by atoms with Crippen molar-refractivity contribution in [2.75, 3.05) is 19.6 Å². The number of amides is 1. The van der Waals surface area contributed by atoms with E-state index in [1.54, 1.807) is 24.3 Å². The van der Waals surface area contributed by atoms with Gasteiger partial charge in [-0.1, -0.05) is 19.1 Å². The molecular formula is C15H22N2O2. The van der Waals surface area contributed by atoms with Gasteiger partial charge in [0.1, 0.15) is 5.75 Å². The molecule has 4 heteroatoms. The van der Waals surface area contributed by atoms with Crippen molar-refractivity contribution in [2.45, 2.75) is 19.8 Å². The van der Waals surface area contributed by atoms with E-state index in [2.05, 4.69) is 6.92 Å². The van der Waals surface area contributed by atoms with Gasteiger partial charge in [-0.05, 0) is 42.5 Å². The van der Waals surface area contributed by atoms with Gasteiger partial charge in [0.2, 0.25) is 5.91 Å². The Morgan fingerprint density at radius 1 is 1.42 bits per heavy atom. The summed E-state index contributed by atoms with van der Waals surface area (Å²) >= 11 is 0. The summed E-state index contributed by atoms with van der Waals surface area (Å²) in [5, 5.41) is 9.23. The molecule has 2 atom stereocenters. The molecule has 2 rings (SSSR count). The number of nitrogens with two attached hydrogens (primary N) is 1. The van der Waals surface area contributed by atoms with Crippen molar-refractivity contribution in [3.8, 4) is 5.75 Å². The molecule has 2 unspecified atom stereocenters. The van der Waals surface area contributed by atoms with E-state index in [9.17, 15) is 9.90 Å². The molecule has 1 heterocycles. The van der Waals surface area contributed by atoms with Crippen molar-refractivity contribution < 1.29 is 9.90 Å². The van der Waals surface area contributed by atoms with Gasteiger partial charge in [0, 0.05) is 13.1 Å². The highest BCUT2D eigenvalue weighted by atomic mass is 16.3. The third-order valence-corrected chi connectivity index (χ3v) is 4.06. The zero-order valence-electron chi connectivity index (χ0n) is 11.4. The van der Waals surface area contributed by atoms with Crippen LogP contribution in [0.25, 0.3) is 0 Å². The number of aromatic hydroxyl groups is 1. The molecule has 1 fully saturated rings. The van der Waals surface area contributed by atoms with E-state index in [4.69, 9.17) is 5.73 Å². The molecule has 0 radical (unpaired) electrons. The maximum atomic E-state index is 12.2. The highest BCUT2D eigenvalue weighted by Crippen LogP contribution is 2.23. The lowest BCUT2D eigenvalue weighted by atomic mass is 9.87. The predicted molar refractivity (Wildman–Crippen MR) is 74.7 cm³/mol. The molecule has 19 heavy (non-hydrogen) atoms. The highest BCUT2D eigenvalue weighted by Gasteiger charge is 2.27. The summed E-state index contributed by atoms with van der Waals surface area (Å²) in [5.74, 6) is 1.39. The van der Waals surface area contributed by atoms with Crippen LogP contribution < -0.4 is 5.73 Å². The van der Waals surface area contributed by atoms with Gasteiger partial charge in [-0.25, -0.2) is 0 Å². The van der Waals surface area contributed by atoms with Crippen molar-refractivity contribution in [3.05, 3.63) is 29.8 Å². The van der Waals surface area contributed by atoms with E-state index in [0.717, 1.165) is 25.1 Å². The van der Waals surface area contributed by atoms with Crippen LogP contribution in [-0.2, 0) is 11.2 Å². The van der Waals surface area contributed by atoms with Crippen LogP contribution in [0.4, 0.5) is 0 Å². The topological polar surface area (TPSA) is 66.6 Å². The molecule has 1 aromatic carbocycles. The molecule has 1 aliphatic heterocycles. The first kappa shape index (κ1) is 13.9. The van der Waals surface area contributed by atoms with Crippen molar-refractivity contribution in [3.63, 3.8) is 0 Å². The van der Waals surface area contributed by atoms with Gasteiger partial charge >= 0.3 is 0 Å². The number of piperidine rings is 1. The van der Waals surface area contributed by atoms with E-state index in [-0.39, 0.29) is 11.7 Å². The molecule has 0 saturated carbocycles. The molecule has 0 aliphatic carbocycles. The molecule has 104 valence electrons. The van der Waals surface area contributed by atoms with Gasteiger partial charge in [-0.2, -0.15) is 0 Å². The lowest BCUT2D eigenvalue weighted by Crippen LogP contribution is -2.46. The van der Waals surface area contributed by atoms with Crippen molar-refractivity contribution in [1.29, 1.82) is 0 Å². The number of rotatable bonds is 3. The molecule has 1 amide bonds. The van der Waals surface area contributed by atoms with Crippen LogP contribution >= 0.6 is 0 Å². The van der Waals surface area contributed by atoms with Crippen LogP contribution in [0.3, 0.4) is 0 Å². The maximum Gasteiger partial charge on any atom is 0.226 e. The van der Waals surface area contributed by atoms with Gasteiger partial charge in [0.15, 0.2) is 0 Å². The molecule has 1 aliphatic rings. The second-order valence-electron chi connectivity index (χ2n) is 5.44. The third-order valence-electron chi connectivity index (χ3n) is 4.06. The van der Waals surface area contributed by atoms with Crippen LogP contribution in [0, 0.1) is 11.8 Å². The monoisotopic (exact) mass is 262 g/mol. The zero-order chi connectivity index (χ0) is 13.8. The Morgan fingerprint density at radius 2 is 2.11 bits per heavy atom. The molecule has 1 aromatic rings. The van der Waals surface area contributed by atoms with Gasteiger partial charge in [-0.15, -0.1) is 0 Å². The quantitative estimate of drug-likeness (QED) is 0.864. The Bertz CT molecular complexity index is 430. The lowest BCUT2D eigenvalue weighted by Gasteiger charge is -2.36. The van der Waals surface area contributed by atoms with Crippen LogP contribution in [0.1, 0.15) is 18.9 Å². The van der Waals surface area contributed by atoms with E-state index >= 15 is 0 Å². The largest absolute Gasteiger partial charge is 0.508 e. The minimum absolute atomic E-state index is 0.149. The predicted octanol–water partition coefficient (Wildman–Crippen LogP) is 1.38. The number of carbonyl (C=O) groups is 1. The fourth-order valence-electron chi connectivity index (χ4n) is 2.58. The number of carbonyl (C=O) groups excluding carboxylic acids is 1. The van der Waals surface area contributed by atoms with E-state index in [1.807, 2.05) is 4.90 Å². The summed E-state index contributed by atoms with van der Waals surface area (Å²) in [6.45, 7) is 4.45. The van der Waals surface area contributed by atoms with Gasteiger partial charge in [-0.3, -0.25) is 4.79 Å². The lowest BCUT2D eigenvalue weighted by molar-refractivity contribution is -0.132. The van der Waals surface area contributed by atoms with Gasteiger partial charge in [0.05, 0.1) is 6.42 Å². The molecule has 0 spiro atoms. The fraction of sp³-hybridized carbons (Fsp3) is 0.533. The summed E-state index contributed by atoms with van der Waals surface area (Å²) in [5.41, 5.74) is 6.70. The Kier molecular flexibility index (Phi) is 4.43. The smallest absolute Gasteiger partial charge is 0.226 e.